The molecule has 0 spiro atoms. The van der Waals surface area contributed by atoms with Crippen LogP contribution >= 0.6 is 11.6 Å². The Morgan fingerprint density at radius 3 is 0.816 bits per heavy atom. The maximum atomic E-state index is 11.5. The first kappa shape index (κ1) is 47.8. The molecule has 292 valence electrons. The van der Waals surface area contributed by atoms with Crippen molar-refractivity contribution in [2.45, 2.75) is 25.7 Å². The zero-order valence-corrected chi connectivity index (χ0v) is 29.9. The fraction of sp³-hybridized carbons (Fsp3) is 0.938. The minimum absolute atomic E-state index is 0.0585. The quantitative estimate of drug-likeness (QED) is 0.0543. The zero-order chi connectivity index (χ0) is 35.6. The van der Waals surface area contributed by atoms with Gasteiger partial charge in [-0.25, -0.2) is 0 Å². The molecule has 0 aliphatic heterocycles. The molecule has 0 unspecified atom stereocenters. The van der Waals surface area contributed by atoms with E-state index in [9.17, 15) is 9.59 Å². The molecule has 0 bridgehead atoms. The van der Waals surface area contributed by atoms with Crippen molar-refractivity contribution in [2.24, 2.45) is 0 Å². The van der Waals surface area contributed by atoms with E-state index in [-0.39, 0.29) is 32.0 Å². The Morgan fingerprint density at radius 2 is 0.571 bits per heavy atom. The number of halogens is 1. The predicted molar refractivity (Wildman–Crippen MR) is 178 cm³/mol. The number of alkyl halides is 1. The molecule has 17 heteroatoms. The molecule has 49 heavy (non-hydrogen) atoms. The van der Waals surface area contributed by atoms with Crippen LogP contribution in [0.5, 0.6) is 0 Å². The molecular weight excluding hydrogens is 676 g/mol. The summed E-state index contributed by atoms with van der Waals surface area (Å²) >= 11 is 5.51. The van der Waals surface area contributed by atoms with E-state index in [1.54, 1.807) is 0 Å². The molecule has 0 heterocycles. The summed E-state index contributed by atoms with van der Waals surface area (Å²) in [6.07, 6.45) is 1.23. The average molecular weight is 737 g/mol. The van der Waals surface area contributed by atoms with Gasteiger partial charge in [0.1, 0.15) is 6.61 Å². The molecule has 1 N–H and O–H groups in total. The van der Waals surface area contributed by atoms with E-state index in [1.165, 1.54) is 0 Å². The zero-order valence-electron chi connectivity index (χ0n) is 29.2. The van der Waals surface area contributed by atoms with E-state index in [2.05, 4.69) is 0 Å². The second kappa shape index (κ2) is 42.9. The Labute approximate surface area is 296 Å². The Morgan fingerprint density at radius 1 is 0.347 bits per heavy atom. The van der Waals surface area contributed by atoms with Crippen molar-refractivity contribution >= 4 is 23.5 Å². The Bertz CT molecular complexity index is 679. The van der Waals surface area contributed by atoms with Crippen molar-refractivity contribution in [1.29, 1.82) is 0 Å². The van der Waals surface area contributed by atoms with Gasteiger partial charge < -0.3 is 66.7 Å². The van der Waals surface area contributed by atoms with Gasteiger partial charge in [0.2, 0.25) is 0 Å². The summed E-state index contributed by atoms with van der Waals surface area (Å²) in [5, 5.41) is 8.55. The van der Waals surface area contributed by atoms with Crippen molar-refractivity contribution in [3.05, 3.63) is 0 Å². The van der Waals surface area contributed by atoms with Gasteiger partial charge >= 0.3 is 11.9 Å². The predicted octanol–water partition coefficient (Wildman–Crippen LogP) is 1.61. The number of unbranched alkanes of at least 4 members (excludes halogenated alkanes) is 1. The normalized spacial score (nSPS) is 11.4. The summed E-state index contributed by atoms with van der Waals surface area (Å²) < 4.78 is 69.9. The second-order valence-corrected chi connectivity index (χ2v) is 10.2. The second-order valence-electron chi connectivity index (χ2n) is 9.86. The van der Waals surface area contributed by atoms with Crippen molar-refractivity contribution in [3.63, 3.8) is 0 Å². The fourth-order valence-electron chi connectivity index (χ4n) is 3.41. The first-order valence-corrected chi connectivity index (χ1v) is 17.6. The van der Waals surface area contributed by atoms with E-state index in [1.807, 2.05) is 0 Å². The molecule has 0 atom stereocenters. The number of ether oxygens (including phenoxy) is 13. The highest BCUT2D eigenvalue weighted by atomic mass is 35.5. The maximum absolute atomic E-state index is 11.5. The topological polar surface area (TPSA) is 174 Å². The first-order chi connectivity index (χ1) is 24.2. The Hall–Kier alpha value is -1.25. The van der Waals surface area contributed by atoms with Gasteiger partial charge in [-0.05, 0) is 12.8 Å². The summed E-state index contributed by atoms with van der Waals surface area (Å²) in [6, 6.07) is 0. The number of carbonyl (C=O) groups excluding carboxylic acids is 1. The number of carboxylic acid groups (broad SMARTS) is 1. The lowest BCUT2D eigenvalue weighted by atomic mass is 10.2. The van der Waals surface area contributed by atoms with E-state index in [4.69, 9.17) is 78.3 Å². The third-order valence-electron chi connectivity index (χ3n) is 5.83. The van der Waals surface area contributed by atoms with Gasteiger partial charge in [-0.2, -0.15) is 0 Å². The molecule has 0 aromatic carbocycles. The van der Waals surface area contributed by atoms with Crippen molar-refractivity contribution in [1.82, 2.24) is 0 Å². The van der Waals surface area contributed by atoms with Crippen LogP contribution < -0.4 is 0 Å². The van der Waals surface area contributed by atoms with Crippen LogP contribution in [0.25, 0.3) is 0 Å². The monoisotopic (exact) mass is 736 g/mol. The standard InChI is InChI=1S/C32H61ClO16/c33-5-6-37-7-8-38-9-10-39-11-12-40-13-14-41-15-16-42-17-18-43-19-20-44-21-22-45-23-24-46-25-26-47-27-28-48-29-30-49-32(36)4-2-1-3-31(34)35/h1-30H2,(H,34,35). The number of carbonyl (C=O) groups is 2. The van der Waals surface area contributed by atoms with Gasteiger partial charge in [-0.1, -0.05) is 0 Å². The van der Waals surface area contributed by atoms with Crippen LogP contribution in [0.3, 0.4) is 0 Å². The Kier molecular flexibility index (Phi) is 41.8. The molecule has 0 saturated carbocycles. The van der Waals surface area contributed by atoms with Crippen LogP contribution in [-0.4, -0.2) is 188 Å². The highest BCUT2D eigenvalue weighted by Crippen LogP contribution is 2.01. The van der Waals surface area contributed by atoms with Crippen LogP contribution in [-0.2, 0) is 71.2 Å². The van der Waals surface area contributed by atoms with Crippen LogP contribution in [0.4, 0.5) is 0 Å². The number of rotatable bonds is 43. The van der Waals surface area contributed by atoms with Gasteiger partial charge in [0.25, 0.3) is 0 Å². The molecular formula is C32H61ClO16. The summed E-state index contributed by atoms with van der Waals surface area (Å²) in [5.74, 6) is -0.723. The van der Waals surface area contributed by atoms with E-state index < -0.39 is 5.97 Å². The Balaban J connectivity index is 3.09. The largest absolute Gasteiger partial charge is 0.481 e. The van der Waals surface area contributed by atoms with Crippen molar-refractivity contribution in [2.75, 3.05) is 171 Å². The minimum Gasteiger partial charge on any atom is -0.481 e. The summed E-state index contributed by atoms with van der Waals surface area (Å²) in [4.78, 5) is 21.9. The SMILES string of the molecule is O=C(O)CCCCC(=O)OCCOCCOCCOCCOCCOCCOCCOCCOCCOCCOCCOCCOCCCl. The molecule has 0 aliphatic rings. The minimum atomic E-state index is -0.864. The lowest BCUT2D eigenvalue weighted by molar-refractivity contribution is -0.146. The number of hydrogen-bond donors (Lipinski definition) is 1. The van der Waals surface area contributed by atoms with E-state index in [0.29, 0.717) is 171 Å². The fourth-order valence-corrected chi connectivity index (χ4v) is 3.52. The van der Waals surface area contributed by atoms with Crippen molar-refractivity contribution in [3.8, 4) is 0 Å². The van der Waals surface area contributed by atoms with Gasteiger partial charge in [-0.15, -0.1) is 11.6 Å². The van der Waals surface area contributed by atoms with E-state index >= 15 is 0 Å². The van der Waals surface area contributed by atoms with Gasteiger partial charge in [0.05, 0.1) is 159 Å². The molecule has 0 fully saturated rings. The third kappa shape index (κ3) is 44.7. The summed E-state index contributed by atoms with van der Waals surface area (Å²) in [5.41, 5.74) is 0. The maximum Gasteiger partial charge on any atom is 0.305 e. The summed E-state index contributed by atoms with van der Waals surface area (Å²) in [6.45, 7) is 11.6. The van der Waals surface area contributed by atoms with Crippen molar-refractivity contribution < 1.29 is 76.3 Å². The van der Waals surface area contributed by atoms with Crippen LogP contribution in [0.1, 0.15) is 25.7 Å². The molecule has 16 nitrogen and oxygen atoms in total. The number of hydrogen-bond acceptors (Lipinski definition) is 15. The van der Waals surface area contributed by atoms with Gasteiger partial charge in [-0.3, -0.25) is 9.59 Å². The van der Waals surface area contributed by atoms with Gasteiger partial charge in [0, 0.05) is 18.7 Å². The molecule has 0 radical (unpaired) electrons. The molecule has 0 rings (SSSR count). The third-order valence-corrected chi connectivity index (χ3v) is 5.98. The first-order valence-electron chi connectivity index (χ1n) is 17.0. The van der Waals surface area contributed by atoms with Gasteiger partial charge in [0.15, 0.2) is 0 Å². The van der Waals surface area contributed by atoms with Crippen LogP contribution in [0.15, 0.2) is 0 Å². The number of aliphatic carboxylic acids is 1. The lowest BCUT2D eigenvalue weighted by Crippen LogP contribution is -2.15. The van der Waals surface area contributed by atoms with Crippen LogP contribution in [0, 0.1) is 0 Å². The average Bonchev–Trinajstić information content (AvgIpc) is 3.09. The molecule has 0 amide bonds. The lowest BCUT2D eigenvalue weighted by Gasteiger charge is -2.09. The smallest absolute Gasteiger partial charge is 0.305 e. The van der Waals surface area contributed by atoms with Crippen LogP contribution in [0.2, 0.25) is 0 Å². The number of esters is 1. The highest BCUT2D eigenvalue weighted by Gasteiger charge is 2.04. The molecule has 0 aromatic heterocycles. The highest BCUT2D eigenvalue weighted by molar-refractivity contribution is 6.17. The molecule has 0 saturated heterocycles. The number of carboxylic acids is 1. The van der Waals surface area contributed by atoms with E-state index in [0.717, 1.165) is 0 Å². The summed E-state index contributed by atoms with van der Waals surface area (Å²) in [7, 11) is 0. The molecule has 0 aromatic rings. The molecule has 0 aliphatic carbocycles.